The molecule has 1 aromatic heterocycles. The second-order valence-electron chi connectivity index (χ2n) is 1.98. The maximum atomic E-state index is 8.56. The summed E-state index contributed by atoms with van der Waals surface area (Å²) in [6.45, 7) is 0. The van der Waals surface area contributed by atoms with Gasteiger partial charge in [0, 0.05) is 18.0 Å². The van der Waals surface area contributed by atoms with E-state index in [4.69, 9.17) is 10.5 Å². The van der Waals surface area contributed by atoms with Gasteiger partial charge in [-0.15, -0.1) is 0 Å². The summed E-state index contributed by atoms with van der Waals surface area (Å²) in [4.78, 5) is 3.81. The van der Waals surface area contributed by atoms with Gasteiger partial charge >= 0.3 is 0 Å². The zero-order valence-electron chi connectivity index (χ0n) is 5.78. The monoisotopic (exact) mass is 143 g/mol. The molecule has 3 heteroatoms. The number of nitriles is 2. The molecule has 0 radical (unpaired) electrons. The van der Waals surface area contributed by atoms with Crippen LogP contribution in [0.4, 0.5) is 0 Å². The number of nitrogens with zero attached hydrogens (tertiary/aromatic N) is 3. The van der Waals surface area contributed by atoms with E-state index in [2.05, 4.69) is 4.98 Å². The molecule has 0 aliphatic carbocycles. The minimum Gasteiger partial charge on any atom is -0.264 e. The first-order valence-corrected chi connectivity index (χ1v) is 3.08. The fourth-order valence-electron chi connectivity index (χ4n) is 0.762. The van der Waals surface area contributed by atoms with Crippen molar-refractivity contribution in [3.05, 3.63) is 29.6 Å². The lowest BCUT2D eigenvalue weighted by molar-refractivity contribution is 1.17. The summed E-state index contributed by atoms with van der Waals surface area (Å²) in [5.41, 5.74) is 1.22. The maximum Gasteiger partial charge on any atom is 0.0996 e. The van der Waals surface area contributed by atoms with Gasteiger partial charge in [0.25, 0.3) is 0 Å². The first kappa shape index (κ1) is 7.24. The molecule has 0 unspecified atom stereocenters. The van der Waals surface area contributed by atoms with Gasteiger partial charge in [-0.2, -0.15) is 10.5 Å². The van der Waals surface area contributed by atoms with Crippen molar-refractivity contribution in [3.63, 3.8) is 0 Å². The lowest BCUT2D eigenvalue weighted by Crippen LogP contribution is -1.88. The van der Waals surface area contributed by atoms with Gasteiger partial charge < -0.3 is 0 Å². The van der Waals surface area contributed by atoms with Gasteiger partial charge in [0.05, 0.1) is 24.1 Å². The molecular weight excluding hydrogens is 138 g/mol. The number of pyridine rings is 1. The van der Waals surface area contributed by atoms with Gasteiger partial charge in [0.1, 0.15) is 0 Å². The Morgan fingerprint density at radius 1 is 1.45 bits per heavy atom. The third-order valence-corrected chi connectivity index (χ3v) is 1.29. The Bertz CT molecular complexity index is 330. The second-order valence-corrected chi connectivity index (χ2v) is 1.98. The summed E-state index contributed by atoms with van der Waals surface area (Å²) >= 11 is 0. The van der Waals surface area contributed by atoms with E-state index in [1.807, 2.05) is 12.1 Å². The fraction of sp³-hybridized carbons (Fsp3) is 0.125. The molecule has 0 amide bonds. The van der Waals surface area contributed by atoms with Crippen molar-refractivity contribution >= 4 is 0 Å². The van der Waals surface area contributed by atoms with E-state index in [-0.39, 0.29) is 6.42 Å². The van der Waals surface area contributed by atoms with Crippen LogP contribution in [0, 0.1) is 22.7 Å². The van der Waals surface area contributed by atoms with Crippen molar-refractivity contribution in [2.75, 3.05) is 0 Å². The van der Waals surface area contributed by atoms with Crippen LogP contribution in [0.15, 0.2) is 18.5 Å². The molecule has 0 atom stereocenters. The first-order valence-electron chi connectivity index (χ1n) is 3.08. The van der Waals surface area contributed by atoms with Crippen LogP contribution >= 0.6 is 0 Å². The fourth-order valence-corrected chi connectivity index (χ4v) is 0.762. The summed E-state index contributed by atoms with van der Waals surface area (Å²) in [5, 5.41) is 16.9. The van der Waals surface area contributed by atoms with Crippen molar-refractivity contribution in [1.82, 2.24) is 4.98 Å². The highest BCUT2D eigenvalue weighted by molar-refractivity contribution is 5.36. The quantitative estimate of drug-likeness (QED) is 0.589. The normalized spacial score (nSPS) is 8.18. The van der Waals surface area contributed by atoms with E-state index in [1.54, 1.807) is 18.5 Å². The van der Waals surface area contributed by atoms with Crippen molar-refractivity contribution in [3.8, 4) is 12.1 Å². The SMILES string of the molecule is N#CCc1cnccc1C#N. The molecule has 0 spiro atoms. The minimum absolute atomic E-state index is 0.247. The highest BCUT2D eigenvalue weighted by Crippen LogP contribution is 2.04. The molecule has 11 heavy (non-hydrogen) atoms. The Balaban J connectivity index is 3.07. The molecule has 0 aliphatic heterocycles. The predicted molar refractivity (Wildman–Crippen MR) is 38.3 cm³/mol. The topological polar surface area (TPSA) is 60.5 Å². The number of rotatable bonds is 1. The molecule has 0 N–H and O–H groups in total. The zero-order valence-corrected chi connectivity index (χ0v) is 5.78. The van der Waals surface area contributed by atoms with E-state index in [0.717, 1.165) is 0 Å². The van der Waals surface area contributed by atoms with Crippen LogP contribution in [0.3, 0.4) is 0 Å². The molecule has 52 valence electrons. The smallest absolute Gasteiger partial charge is 0.0996 e. The van der Waals surface area contributed by atoms with Gasteiger partial charge in [-0.25, -0.2) is 0 Å². The summed E-state index contributed by atoms with van der Waals surface area (Å²) < 4.78 is 0. The highest BCUT2D eigenvalue weighted by atomic mass is 14.6. The molecule has 1 rings (SSSR count). The first-order chi connectivity index (χ1) is 5.38. The largest absolute Gasteiger partial charge is 0.264 e. The summed E-state index contributed by atoms with van der Waals surface area (Å²) in [6.07, 6.45) is 3.33. The molecule has 0 saturated carbocycles. The summed E-state index contributed by atoms with van der Waals surface area (Å²) in [6, 6.07) is 5.56. The molecule has 0 aliphatic rings. The van der Waals surface area contributed by atoms with Crippen molar-refractivity contribution in [2.45, 2.75) is 6.42 Å². The average Bonchev–Trinajstić information content (AvgIpc) is 2.06. The van der Waals surface area contributed by atoms with Crippen molar-refractivity contribution in [2.24, 2.45) is 0 Å². The lowest BCUT2D eigenvalue weighted by Gasteiger charge is -1.93. The van der Waals surface area contributed by atoms with Crippen LogP contribution in [0.5, 0.6) is 0 Å². The van der Waals surface area contributed by atoms with E-state index in [9.17, 15) is 0 Å². The van der Waals surface area contributed by atoms with Gasteiger partial charge in [0.15, 0.2) is 0 Å². The Labute approximate surface area is 64.5 Å². The van der Waals surface area contributed by atoms with Crippen molar-refractivity contribution < 1.29 is 0 Å². The number of aromatic nitrogens is 1. The van der Waals surface area contributed by atoms with E-state index in [1.165, 1.54) is 0 Å². The third kappa shape index (κ3) is 1.53. The molecule has 0 bridgehead atoms. The van der Waals surface area contributed by atoms with Crippen LogP contribution in [-0.2, 0) is 6.42 Å². The van der Waals surface area contributed by atoms with E-state index >= 15 is 0 Å². The Kier molecular flexibility index (Phi) is 2.20. The molecule has 0 fully saturated rings. The number of hydrogen-bond acceptors (Lipinski definition) is 3. The van der Waals surface area contributed by atoms with Crippen LogP contribution < -0.4 is 0 Å². The lowest BCUT2D eigenvalue weighted by atomic mass is 10.1. The molecule has 1 aromatic rings. The Morgan fingerprint density at radius 3 is 2.91 bits per heavy atom. The van der Waals surface area contributed by atoms with E-state index in [0.29, 0.717) is 11.1 Å². The highest BCUT2D eigenvalue weighted by Gasteiger charge is 1.98. The molecule has 0 aromatic carbocycles. The van der Waals surface area contributed by atoms with Gasteiger partial charge in [-0.3, -0.25) is 4.98 Å². The number of hydrogen-bond donors (Lipinski definition) is 0. The predicted octanol–water partition coefficient (Wildman–Crippen LogP) is 1.02. The van der Waals surface area contributed by atoms with Gasteiger partial charge in [-0.05, 0) is 6.07 Å². The Hall–Kier alpha value is -1.87. The van der Waals surface area contributed by atoms with Crippen LogP contribution in [-0.4, -0.2) is 4.98 Å². The average molecular weight is 143 g/mol. The molecule has 3 nitrogen and oxygen atoms in total. The third-order valence-electron chi connectivity index (χ3n) is 1.29. The molecule has 1 heterocycles. The zero-order chi connectivity index (χ0) is 8.10. The van der Waals surface area contributed by atoms with Gasteiger partial charge in [-0.1, -0.05) is 0 Å². The summed E-state index contributed by atoms with van der Waals surface area (Å²) in [7, 11) is 0. The molecule has 0 saturated heterocycles. The second kappa shape index (κ2) is 3.34. The van der Waals surface area contributed by atoms with Crippen molar-refractivity contribution in [1.29, 1.82) is 10.5 Å². The summed E-state index contributed by atoms with van der Waals surface area (Å²) in [5.74, 6) is 0. The van der Waals surface area contributed by atoms with Gasteiger partial charge in [0.2, 0.25) is 0 Å². The van der Waals surface area contributed by atoms with Crippen LogP contribution in [0.2, 0.25) is 0 Å². The maximum absolute atomic E-state index is 8.56. The van der Waals surface area contributed by atoms with E-state index < -0.39 is 0 Å². The standard InChI is InChI=1S/C8H5N3/c9-3-1-8-6-11-4-2-7(8)5-10/h2,4,6H,1H2. The van der Waals surface area contributed by atoms with Crippen LogP contribution in [0.1, 0.15) is 11.1 Å². The Morgan fingerprint density at radius 2 is 2.27 bits per heavy atom. The minimum atomic E-state index is 0.247. The molecular formula is C8H5N3. The van der Waals surface area contributed by atoms with Crippen LogP contribution in [0.25, 0.3) is 0 Å².